The van der Waals surface area contributed by atoms with Gasteiger partial charge in [-0.25, -0.2) is 0 Å². The molecule has 0 aliphatic carbocycles. The van der Waals surface area contributed by atoms with Crippen LogP contribution in [0.15, 0.2) is 30.3 Å². The number of carbonyl (C=O) groups is 1. The smallest absolute Gasteiger partial charge is 0.244 e. The van der Waals surface area contributed by atoms with Crippen LogP contribution < -0.4 is 5.32 Å². The second kappa shape index (κ2) is 7.24. The number of nitrogens with one attached hydrogen (secondary N) is 1. The van der Waals surface area contributed by atoms with E-state index >= 15 is 0 Å². The van der Waals surface area contributed by atoms with E-state index in [1.165, 1.54) is 0 Å². The van der Waals surface area contributed by atoms with Gasteiger partial charge in [-0.3, -0.25) is 4.79 Å². The zero-order valence-corrected chi connectivity index (χ0v) is 12.6. The molecule has 1 aromatic carbocycles. The molecule has 1 amide bonds. The number of hydrogen-bond donors (Lipinski definition) is 1. The quantitative estimate of drug-likeness (QED) is 0.817. The predicted octanol–water partition coefficient (Wildman–Crippen LogP) is 2.46. The molecule has 0 radical (unpaired) electrons. The molecule has 0 spiro atoms. The first-order valence-corrected chi connectivity index (χ1v) is 7.67. The Morgan fingerprint density at radius 2 is 2.19 bits per heavy atom. The van der Waals surface area contributed by atoms with Gasteiger partial charge in [0.15, 0.2) is 0 Å². The lowest BCUT2D eigenvalue weighted by molar-refractivity contribution is -0.138. The molecule has 2 rings (SSSR count). The van der Waals surface area contributed by atoms with Crippen molar-refractivity contribution >= 4 is 5.91 Å². The summed E-state index contributed by atoms with van der Waals surface area (Å²) >= 11 is 0. The molecule has 1 unspecified atom stereocenters. The molecule has 1 aliphatic heterocycles. The first-order valence-electron chi connectivity index (χ1n) is 7.67. The second-order valence-corrected chi connectivity index (χ2v) is 5.67. The van der Waals surface area contributed by atoms with Crippen LogP contribution in [0.3, 0.4) is 0 Å². The lowest BCUT2D eigenvalue weighted by Crippen LogP contribution is -2.54. The average molecular weight is 285 g/mol. The SMILES string of the molecule is CCCC1(C(=O)N(CC#N)Cc2ccccc2)CCCN1. The van der Waals surface area contributed by atoms with Gasteiger partial charge < -0.3 is 10.2 Å². The highest BCUT2D eigenvalue weighted by Crippen LogP contribution is 2.27. The minimum Gasteiger partial charge on any atom is -0.323 e. The molecule has 112 valence electrons. The first kappa shape index (κ1) is 15.5. The Morgan fingerprint density at radius 1 is 1.43 bits per heavy atom. The second-order valence-electron chi connectivity index (χ2n) is 5.67. The largest absolute Gasteiger partial charge is 0.323 e. The van der Waals surface area contributed by atoms with E-state index in [0.717, 1.165) is 37.8 Å². The van der Waals surface area contributed by atoms with Gasteiger partial charge in [0.05, 0.1) is 11.6 Å². The zero-order chi connectivity index (χ0) is 15.1. The third-order valence-corrected chi connectivity index (χ3v) is 4.09. The van der Waals surface area contributed by atoms with Crippen LogP contribution in [0.2, 0.25) is 0 Å². The van der Waals surface area contributed by atoms with Crippen molar-refractivity contribution in [3.05, 3.63) is 35.9 Å². The molecular weight excluding hydrogens is 262 g/mol. The van der Waals surface area contributed by atoms with E-state index in [4.69, 9.17) is 5.26 Å². The molecule has 1 aliphatic rings. The molecule has 4 nitrogen and oxygen atoms in total. The van der Waals surface area contributed by atoms with Crippen LogP contribution in [-0.4, -0.2) is 29.4 Å². The fourth-order valence-electron chi connectivity index (χ4n) is 3.13. The third kappa shape index (κ3) is 3.62. The molecule has 1 fully saturated rings. The number of nitrogens with zero attached hydrogens (tertiary/aromatic N) is 2. The summed E-state index contributed by atoms with van der Waals surface area (Å²) in [5.41, 5.74) is 0.603. The van der Waals surface area contributed by atoms with Crippen molar-refractivity contribution < 1.29 is 4.79 Å². The summed E-state index contributed by atoms with van der Waals surface area (Å²) in [6, 6.07) is 12.0. The summed E-state index contributed by atoms with van der Waals surface area (Å²) in [7, 11) is 0. The molecule has 0 aromatic heterocycles. The maximum absolute atomic E-state index is 13.0. The maximum atomic E-state index is 13.0. The number of carbonyl (C=O) groups excluding carboxylic acids is 1. The topological polar surface area (TPSA) is 56.1 Å². The lowest BCUT2D eigenvalue weighted by atomic mass is 9.90. The van der Waals surface area contributed by atoms with Crippen LogP contribution in [-0.2, 0) is 11.3 Å². The standard InChI is InChI=1S/C17H23N3O/c1-2-9-17(10-6-12-19-17)16(21)20(13-11-18)14-15-7-4-3-5-8-15/h3-5,7-8,19H,2,6,9-10,12-14H2,1H3. The zero-order valence-electron chi connectivity index (χ0n) is 12.6. The first-order chi connectivity index (χ1) is 10.2. The molecule has 0 saturated carbocycles. The summed E-state index contributed by atoms with van der Waals surface area (Å²) < 4.78 is 0. The van der Waals surface area contributed by atoms with Gasteiger partial charge >= 0.3 is 0 Å². The molecule has 0 bridgehead atoms. The molecule has 1 atom stereocenters. The summed E-state index contributed by atoms with van der Waals surface area (Å²) in [4.78, 5) is 14.6. The summed E-state index contributed by atoms with van der Waals surface area (Å²) in [5, 5.41) is 12.5. The number of hydrogen-bond acceptors (Lipinski definition) is 3. The van der Waals surface area contributed by atoms with E-state index in [0.29, 0.717) is 6.54 Å². The van der Waals surface area contributed by atoms with Crippen molar-refractivity contribution in [1.82, 2.24) is 10.2 Å². The minimum atomic E-state index is -0.458. The number of rotatable bonds is 6. The highest BCUT2D eigenvalue weighted by molar-refractivity contribution is 5.87. The molecule has 1 saturated heterocycles. The average Bonchev–Trinajstić information content (AvgIpc) is 2.97. The van der Waals surface area contributed by atoms with Crippen LogP contribution in [0.25, 0.3) is 0 Å². The van der Waals surface area contributed by atoms with Crippen molar-refractivity contribution in [3.8, 4) is 6.07 Å². The Balaban J connectivity index is 2.16. The lowest BCUT2D eigenvalue weighted by Gasteiger charge is -2.33. The number of benzene rings is 1. The van der Waals surface area contributed by atoms with Crippen LogP contribution in [0.5, 0.6) is 0 Å². The van der Waals surface area contributed by atoms with E-state index in [9.17, 15) is 4.79 Å². The van der Waals surface area contributed by atoms with Crippen molar-refractivity contribution in [1.29, 1.82) is 5.26 Å². The van der Waals surface area contributed by atoms with Gasteiger partial charge in [-0.1, -0.05) is 43.7 Å². The molecule has 1 N–H and O–H groups in total. The predicted molar refractivity (Wildman–Crippen MR) is 82.3 cm³/mol. The van der Waals surface area contributed by atoms with Crippen molar-refractivity contribution in [3.63, 3.8) is 0 Å². The Hall–Kier alpha value is -1.86. The summed E-state index contributed by atoms with van der Waals surface area (Å²) in [6.07, 6.45) is 3.70. The molecule has 1 aromatic rings. The summed E-state index contributed by atoms with van der Waals surface area (Å²) in [5.74, 6) is 0.0762. The Labute approximate surface area is 126 Å². The summed E-state index contributed by atoms with van der Waals surface area (Å²) in [6.45, 7) is 3.62. The van der Waals surface area contributed by atoms with Crippen molar-refractivity contribution in [2.75, 3.05) is 13.1 Å². The number of amides is 1. The van der Waals surface area contributed by atoms with Crippen LogP contribution in [0, 0.1) is 11.3 Å². The van der Waals surface area contributed by atoms with Gasteiger partial charge in [0, 0.05) is 6.54 Å². The van der Waals surface area contributed by atoms with E-state index in [2.05, 4.69) is 18.3 Å². The van der Waals surface area contributed by atoms with Crippen molar-refractivity contribution in [2.24, 2.45) is 0 Å². The Kier molecular flexibility index (Phi) is 5.35. The van der Waals surface area contributed by atoms with Gasteiger partial charge in [0.25, 0.3) is 0 Å². The molecular formula is C17H23N3O. The number of nitriles is 1. The van der Waals surface area contributed by atoms with Crippen LogP contribution in [0.4, 0.5) is 0 Å². The van der Waals surface area contributed by atoms with Gasteiger partial charge in [0.1, 0.15) is 6.54 Å². The van der Waals surface area contributed by atoms with E-state index in [1.807, 2.05) is 30.3 Å². The maximum Gasteiger partial charge on any atom is 0.244 e. The van der Waals surface area contributed by atoms with E-state index < -0.39 is 5.54 Å². The van der Waals surface area contributed by atoms with Crippen molar-refractivity contribution in [2.45, 2.75) is 44.7 Å². The van der Waals surface area contributed by atoms with Crippen LogP contribution in [0.1, 0.15) is 38.2 Å². The minimum absolute atomic E-state index is 0.0762. The molecule has 1 heterocycles. The Bertz CT molecular complexity index is 501. The van der Waals surface area contributed by atoms with E-state index in [-0.39, 0.29) is 12.5 Å². The van der Waals surface area contributed by atoms with Gasteiger partial charge in [-0.05, 0) is 31.4 Å². The van der Waals surface area contributed by atoms with Gasteiger partial charge in [-0.2, -0.15) is 5.26 Å². The normalized spacial score (nSPS) is 21.0. The highest BCUT2D eigenvalue weighted by atomic mass is 16.2. The monoisotopic (exact) mass is 285 g/mol. The van der Waals surface area contributed by atoms with Crippen LogP contribution >= 0.6 is 0 Å². The fraction of sp³-hybridized carbons (Fsp3) is 0.529. The molecule has 4 heteroatoms. The van der Waals surface area contributed by atoms with Gasteiger partial charge in [-0.15, -0.1) is 0 Å². The molecule has 21 heavy (non-hydrogen) atoms. The van der Waals surface area contributed by atoms with E-state index in [1.54, 1.807) is 4.90 Å². The Morgan fingerprint density at radius 3 is 2.76 bits per heavy atom. The third-order valence-electron chi connectivity index (χ3n) is 4.09. The highest BCUT2D eigenvalue weighted by Gasteiger charge is 2.42. The fourth-order valence-corrected chi connectivity index (χ4v) is 3.13. The van der Waals surface area contributed by atoms with Gasteiger partial charge in [0.2, 0.25) is 5.91 Å².